The zero-order valence-corrected chi connectivity index (χ0v) is 9.40. The summed E-state index contributed by atoms with van der Waals surface area (Å²) in [5, 5.41) is 3.92. The van der Waals surface area contributed by atoms with Crippen LogP contribution in [0.2, 0.25) is 0 Å². The molecule has 0 saturated carbocycles. The lowest BCUT2D eigenvalue weighted by atomic mass is 9.99. The fourth-order valence-corrected chi connectivity index (χ4v) is 1.28. The zero-order chi connectivity index (χ0) is 11.6. The van der Waals surface area contributed by atoms with Crippen molar-refractivity contribution >= 4 is 11.6 Å². The Morgan fingerprint density at radius 2 is 2.27 bits per heavy atom. The van der Waals surface area contributed by atoms with Gasteiger partial charge in [0.1, 0.15) is 0 Å². The van der Waals surface area contributed by atoms with Gasteiger partial charge in [0.15, 0.2) is 0 Å². The molecule has 0 aliphatic rings. The van der Waals surface area contributed by atoms with E-state index >= 15 is 0 Å². The Balaban J connectivity index is 2.90. The first-order chi connectivity index (χ1) is 6.99. The normalized spacial score (nSPS) is 14.9. The molecule has 5 heteroatoms. The summed E-state index contributed by atoms with van der Waals surface area (Å²) in [7, 11) is 0. The number of aromatic nitrogens is 2. The van der Waals surface area contributed by atoms with Gasteiger partial charge in [-0.3, -0.25) is 4.79 Å². The minimum atomic E-state index is -0.520. The third-order valence-electron chi connectivity index (χ3n) is 2.80. The third kappa shape index (κ3) is 2.18. The Bertz CT molecular complexity index is 358. The minimum absolute atomic E-state index is 0.141. The van der Waals surface area contributed by atoms with E-state index in [-0.39, 0.29) is 11.8 Å². The van der Waals surface area contributed by atoms with Crippen molar-refractivity contribution in [2.24, 2.45) is 11.7 Å². The zero-order valence-electron chi connectivity index (χ0n) is 9.40. The highest BCUT2D eigenvalue weighted by Crippen LogP contribution is 2.12. The monoisotopic (exact) mass is 210 g/mol. The van der Waals surface area contributed by atoms with Crippen molar-refractivity contribution in [1.82, 2.24) is 9.78 Å². The second-order valence-corrected chi connectivity index (χ2v) is 3.85. The fraction of sp³-hybridized carbons (Fsp3) is 0.600. The molecular weight excluding hydrogens is 192 g/mol. The molecule has 5 nitrogen and oxygen atoms in total. The third-order valence-corrected chi connectivity index (χ3v) is 2.80. The van der Waals surface area contributed by atoms with E-state index in [2.05, 4.69) is 5.10 Å². The van der Waals surface area contributed by atoms with Gasteiger partial charge >= 0.3 is 0 Å². The molecule has 0 saturated heterocycles. The maximum Gasteiger partial charge on any atom is 0.264 e. The van der Waals surface area contributed by atoms with Crippen LogP contribution in [-0.4, -0.2) is 21.7 Å². The highest BCUT2D eigenvalue weighted by molar-refractivity contribution is 5.85. The van der Waals surface area contributed by atoms with E-state index in [1.54, 1.807) is 6.92 Å². The largest absolute Gasteiger partial charge is 0.396 e. The van der Waals surface area contributed by atoms with Gasteiger partial charge in [-0.05, 0) is 12.8 Å². The van der Waals surface area contributed by atoms with Crippen molar-refractivity contribution in [3.63, 3.8) is 0 Å². The predicted molar refractivity (Wildman–Crippen MR) is 59.4 cm³/mol. The number of hydrogen-bond acceptors (Lipinski definition) is 4. The number of nitrogens with two attached hydrogens (primary N) is 2. The Hall–Kier alpha value is -1.36. The van der Waals surface area contributed by atoms with Gasteiger partial charge in [0.25, 0.3) is 5.91 Å². The van der Waals surface area contributed by atoms with Gasteiger partial charge in [0.05, 0.1) is 23.6 Å². The fourth-order valence-electron chi connectivity index (χ4n) is 1.28. The topological polar surface area (TPSA) is 86.9 Å². The number of carbonyl (C=O) groups is 1. The van der Waals surface area contributed by atoms with Crippen LogP contribution in [0.25, 0.3) is 0 Å². The highest BCUT2D eigenvalue weighted by Gasteiger charge is 2.23. The summed E-state index contributed by atoms with van der Waals surface area (Å²) in [5.41, 5.74) is 12.6. The van der Waals surface area contributed by atoms with E-state index in [4.69, 9.17) is 11.5 Å². The average molecular weight is 210 g/mol. The van der Waals surface area contributed by atoms with E-state index < -0.39 is 6.04 Å². The summed E-state index contributed by atoms with van der Waals surface area (Å²) < 4.78 is 1.28. The molecule has 4 N–H and O–H groups in total. The summed E-state index contributed by atoms with van der Waals surface area (Å²) in [4.78, 5) is 11.9. The van der Waals surface area contributed by atoms with Crippen molar-refractivity contribution in [3.8, 4) is 0 Å². The summed E-state index contributed by atoms with van der Waals surface area (Å²) in [6.45, 7) is 5.70. The molecule has 0 aliphatic carbocycles. The van der Waals surface area contributed by atoms with Crippen LogP contribution in [0.15, 0.2) is 6.20 Å². The van der Waals surface area contributed by atoms with Crippen molar-refractivity contribution in [3.05, 3.63) is 11.9 Å². The van der Waals surface area contributed by atoms with Crippen LogP contribution in [0.3, 0.4) is 0 Å². The molecule has 0 aromatic carbocycles. The van der Waals surface area contributed by atoms with Crippen LogP contribution in [0, 0.1) is 12.8 Å². The molecular formula is C10H18N4O. The molecule has 0 spiro atoms. The standard InChI is InChI=1S/C10H18N4O/c1-4-6(2)9(12)10(15)14-7(3)8(11)5-13-14/h5-6,9H,4,11-12H2,1-3H3/t6-,9-/m0/s1. The molecule has 1 rings (SSSR count). The first kappa shape index (κ1) is 11.7. The van der Waals surface area contributed by atoms with Crippen molar-refractivity contribution in [1.29, 1.82) is 0 Å². The van der Waals surface area contributed by atoms with Gasteiger partial charge in [-0.25, -0.2) is 4.68 Å². The first-order valence-corrected chi connectivity index (χ1v) is 5.08. The molecule has 0 radical (unpaired) electrons. The Morgan fingerprint density at radius 3 is 2.67 bits per heavy atom. The number of hydrogen-bond donors (Lipinski definition) is 2. The molecule has 0 bridgehead atoms. The molecule has 2 atom stereocenters. The Morgan fingerprint density at radius 1 is 1.67 bits per heavy atom. The molecule has 0 amide bonds. The number of nitrogen functional groups attached to an aromatic ring is 1. The van der Waals surface area contributed by atoms with Crippen LogP contribution in [-0.2, 0) is 0 Å². The van der Waals surface area contributed by atoms with Crippen LogP contribution in [0.1, 0.15) is 30.8 Å². The van der Waals surface area contributed by atoms with Crippen molar-refractivity contribution in [2.45, 2.75) is 33.2 Å². The summed E-state index contributed by atoms with van der Waals surface area (Å²) in [5.74, 6) is -0.0547. The van der Waals surface area contributed by atoms with E-state index in [1.165, 1.54) is 10.9 Å². The average Bonchev–Trinajstić information content (AvgIpc) is 2.56. The second-order valence-electron chi connectivity index (χ2n) is 3.85. The first-order valence-electron chi connectivity index (χ1n) is 5.08. The van der Waals surface area contributed by atoms with E-state index in [0.29, 0.717) is 11.4 Å². The number of nitrogens with zero attached hydrogens (tertiary/aromatic N) is 2. The smallest absolute Gasteiger partial charge is 0.264 e. The highest BCUT2D eigenvalue weighted by atomic mass is 16.2. The van der Waals surface area contributed by atoms with Gasteiger partial charge < -0.3 is 11.5 Å². The lowest BCUT2D eigenvalue weighted by Crippen LogP contribution is -2.40. The molecule has 15 heavy (non-hydrogen) atoms. The quantitative estimate of drug-likeness (QED) is 0.772. The van der Waals surface area contributed by atoms with Crippen LogP contribution in [0.5, 0.6) is 0 Å². The molecule has 1 aromatic rings. The van der Waals surface area contributed by atoms with Crippen LogP contribution < -0.4 is 11.5 Å². The van der Waals surface area contributed by atoms with Crippen LogP contribution in [0.4, 0.5) is 5.69 Å². The van der Waals surface area contributed by atoms with Gasteiger partial charge in [0.2, 0.25) is 0 Å². The molecule has 84 valence electrons. The molecule has 0 unspecified atom stereocenters. The molecule has 0 aliphatic heterocycles. The van der Waals surface area contributed by atoms with Gasteiger partial charge in [-0.15, -0.1) is 0 Å². The predicted octanol–water partition coefficient (Wildman–Crippen LogP) is 0.787. The van der Waals surface area contributed by atoms with E-state index in [1.807, 2.05) is 13.8 Å². The van der Waals surface area contributed by atoms with E-state index in [9.17, 15) is 4.79 Å². The molecule has 1 heterocycles. The molecule has 1 aromatic heterocycles. The van der Waals surface area contributed by atoms with Gasteiger partial charge in [-0.2, -0.15) is 5.10 Å². The maximum absolute atomic E-state index is 11.9. The summed E-state index contributed by atoms with van der Waals surface area (Å²) >= 11 is 0. The van der Waals surface area contributed by atoms with Crippen LogP contribution >= 0.6 is 0 Å². The Kier molecular flexibility index (Phi) is 3.47. The lowest BCUT2D eigenvalue weighted by Gasteiger charge is -2.17. The van der Waals surface area contributed by atoms with Crippen molar-refractivity contribution < 1.29 is 4.79 Å². The second kappa shape index (κ2) is 4.44. The molecule has 0 fully saturated rings. The number of carbonyl (C=O) groups excluding carboxylic acids is 1. The summed E-state index contributed by atoms with van der Waals surface area (Å²) in [6, 6.07) is -0.520. The lowest BCUT2D eigenvalue weighted by molar-refractivity contribution is 0.0832. The summed E-state index contributed by atoms with van der Waals surface area (Å²) in [6.07, 6.45) is 2.33. The number of anilines is 1. The SMILES string of the molecule is CC[C@H](C)[C@H](N)C(=O)n1ncc(N)c1C. The van der Waals surface area contributed by atoms with Crippen molar-refractivity contribution in [2.75, 3.05) is 5.73 Å². The Labute approximate surface area is 89.4 Å². The minimum Gasteiger partial charge on any atom is -0.396 e. The van der Waals surface area contributed by atoms with Gasteiger partial charge in [0, 0.05) is 0 Å². The van der Waals surface area contributed by atoms with E-state index in [0.717, 1.165) is 6.42 Å². The number of rotatable bonds is 3. The maximum atomic E-state index is 11.9. The van der Waals surface area contributed by atoms with Gasteiger partial charge in [-0.1, -0.05) is 20.3 Å².